The topological polar surface area (TPSA) is 58.4 Å². The molecule has 1 N–H and O–H groups in total. The molecule has 1 aliphatic heterocycles. The van der Waals surface area contributed by atoms with Crippen LogP contribution < -0.4 is 0 Å². The van der Waals surface area contributed by atoms with Crippen LogP contribution in [0.3, 0.4) is 0 Å². The maximum atomic E-state index is 13.5. The van der Waals surface area contributed by atoms with Gasteiger partial charge in [0.05, 0.1) is 10.6 Å². The highest BCUT2D eigenvalue weighted by molar-refractivity contribution is 6.33. The number of aliphatic hydroxyl groups is 1. The lowest BCUT2D eigenvalue weighted by Gasteiger charge is -2.38. The van der Waals surface area contributed by atoms with Gasteiger partial charge in [0.1, 0.15) is 11.5 Å². The number of carbonyl (C=O) groups excluding carboxylic acids is 1. The molecular weight excluding hydrogens is 505 g/mol. The standard InChI is InChI=1S/C27H22Cl3N3O2/c28-18-9-11-19(12-10-18)33-17-24(31-25(33)20-5-1-3-7-22(20)29)26(34)32-15-13-27(35,14-16-32)21-6-2-4-8-23(21)30/h1-12,17,35H,13-16H2. The Morgan fingerprint density at radius 3 is 2.14 bits per heavy atom. The van der Waals surface area contributed by atoms with Crippen molar-refractivity contribution in [2.75, 3.05) is 13.1 Å². The Morgan fingerprint density at radius 1 is 0.857 bits per heavy atom. The van der Waals surface area contributed by atoms with Crippen LogP contribution in [-0.2, 0) is 5.60 Å². The van der Waals surface area contributed by atoms with Crippen molar-refractivity contribution in [1.29, 1.82) is 0 Å². The van der Waals surface area contributed by atoms with E-state index in [1.54, 1.807) is 35.4 Å². The van der Waals surface area contributed by atoms with Gasteiger partial charge in [0, 0.05) is 46.1 Å². The SMILES string of the molecule is O=C(c1cn(-c2ccc(Cl)cc2)c(-c2ccccc2Cl)n1)N1CCC(O)(c2ccccc2Cl)CC1. The third kappa shape index (κ3) is 4.69. The highest BCUT2D eigenvalue weighted by Gasteiger charge is 2.37. The predicted molar refractivity (Wildman–Crippen MR) is 140 cm³/mol. The first-order chi connectivity index (χ1) is 16.9. The second kappa shape index (κ2) is 9.67. The largest absolute Gasteiger partial charge is 0.385 e. The van der Waals surface area contributed by atoms with E-state index in [2.05, 4.69) is 0 Å². The number of amides is 1. The molecule has 1 aromatic heterocycles. The van der Waals surface area contributed by atoms with Crippen LogP contribution in [0.4, 0.5) is 0 Å². The number of nitrogens with zero attached hydrogens (tertiary/aromatic N) is 3. The molecule has 1 amide bonds. The molecule has 1 saturated heterocycles. The number of likely N-dealkylation sites (tertiary alicyclic amines) is 1. The summed E-state index contributed by atoms with van der Waals surface area (Å²) in [6.45, 7) is 0.769. The van der Waals surface area contributed by atoms with Crippen molar-refractivity contribution in [2.24, 2.45) is 0 Å². The van der Waals surface area contributed by atoms with Crippen LogP contribution in [0.5, 0.6) is 0 Å². The molecule has 178 valence electrons. The van der Waals surface area contributed by atoms with Gasteiger partial charge >= 0.3 is 0 Å². The summed E-state index contributed by atoms with van der Waals surface area (Å²) in [5.74, 6) is 0.359. The highest BCUT2D eigenvalue weighted by atomic mass is 35.5. The Morgan fingerprint density at radius 2 is 1.49 bits per heavy atom. The zero-order valence-corrected chi connectivity index (χ0v) is 20.9. The Hall–Kier alpha value is -2.83. The van der Waals surface area contributed by atoms with E-state index in [0.29, 0.717) is 58.1 Å². The van der Waals surface area contributed by atoms with Gasteiger partial charge in [-0.3, -0.25) is 9.36 Å². The summed E-state index contributed by atoms with van der Waals surface area (Å²) in [5, 5.41) is 12.9. The third-order valence-corrected chi connectivity index (χ3v) is 7.31. The van der Waals surface area contributed by atoms with Gasteiger partial charge < -0.3 is 10.0 Å². The summed E-state index contributed by atoms with van der Waals surface area (Å²) in [4.78, 5) is 19.9. The zero-order valence-electron chi connectivity index (χ0n) is 18.7. The average Bonchev–Trinajstić information content (AvgIpc) is 3.30. The molecule has 5 nitrogen and oxygen atoms in total. The van der Waals surface area contributed by atoms with Gasteiger partial charge in [-0.2, -0.15) is 0 Å². The minimum atomic E-state index is -1.07. The molecule has 3 aromatic carbocycles. The second-order valence-corrected chi connectivity index (χ2v) is 9.83. The molecule has 0 saturated carbocycles. The number of benzene rings is 3. The molecule has 0 aliphatic carbocycles. The summed E-state index contributed by atoms with van der Waals surface area (Å²) in [6.07, 6.45) is 2.49. The molecule has 0 unspecified atom stereocenters. The first-order valence-electron chi connectivity index (χ1n) is 11.2. The molecule has 0 radical (unpaired) electrons. The van der Waals surface area contributed by atoms with Crippen LogP contribution >= 0.6 is 34.8 Å². The van der Waals surface area contributed by atoms with E-state index in [-0.39, 0.29) is 5.91 Å². The smallest absolute Gasteiger partial charge is 0.274 e. The number of imidazole rings is 1. The fraction of sp³-hybridized carbons (Fsp3) is 0.185. The maximum absolute atomic E-state index is 13.5. The third-order valence-electron chi connectivity index (χ3n) is 6.40. The zero-order chi connectivity index (χ0) is 24.6. The fourth-order valence-electron chi connectivity index (χ4n) is 4.46. The first-order valence-corrected chi connectivity index (χ1v) is 12.4. The van der Waals surface area contributed by atoms with Gasteiger partial charge in [0.25, 0.3) is 5.91 Å². The summed E-state index contributed by atoms with van der Waals surface area (Å²) >= 11 is 18.9. The molecule has 0 spiro atoms. The molecule has 1 fully saturated rings. The van der Waals surface area contributed by atoms with Gasteiger partial charge in [-0.25, -0.2) is 4.98 Å². The van der Waals surface area contributed by atoms with E-state index in [4.69, 9.17) is 39.8 Å². The first kappa shape index (κ1) is 23.9. The number of carbonyl (C=O) groups is 1. The van der Waals surface area contributed by atoms with Gasteiger partial charge in [-0.05, 0) is 55.3 Å². The molecule has 2 heterocycles. The summed E-state index contributed by atoms with van der Waals surface area (Å²) in [7, 11) is 0. The van der Waals surface area contributed by atoms with E-state index < -0.39 is 5.60 Å². The minimum Gasteiger partial charge on any atom is -0.385 e. The number of hydrogen-bond donors (Lipinski definition) is 1. The van der Waals surface area contributed by atoms with Crippen LogP contribution in [0, 0.1) is 0 Å². The molecule has 35 heavy (non-hydrogen) atoms. The maximum Gasteiger partial charge on any atom is 0.274 e. The number of aromatic nitrogens is 2. The molecule has 8 heteroatoms. The molecule has 1 aliphatic rings. The Kier molecular flexibility index (Phi) is 6.60. The summed E-state index contributed by atoms with van der Waals surface area (Å²) in [5.41, 5.74) is 1.46. The quantitative estimate of drug-likeness (QED) is 0.325. The number of rotatable bonds is 4. The van der Waals surface area contributed by atoms with E-state index in [1.807, 2.05) is 53.1 Å². The van der Waals surface area contributed by atoms with Crippen molar-refractivity contribution in [3.8, 4) is 17.1 Å². The van der Waals surface area contributed by atoms with Gasteiger partial charge in [-0.1, -0.05) is 65.1 Å². The molecule has 0 atom stereocenters. The van der Waals surface area contributed by atoms with Gasteiger partial charge in [-0.15, -0.1) is 0 Å². The number of hydrogen-bond acceptors (Lipinski definition) is 3. The van der Waals surface area contributed by atoms with Gasteiger partial charge in [0.2, 0.25) is 0 Å². The highest BCUT2D eigenvalue weighted by Crippen LogP contribution is 2.37. The van der Waals surface area contributed by atoms with Crippen LogP contribution in [0.15, 0.2) is 79.0 Å². The molecule has 5 rings (SSSR count). The van der Waals surface area contributed by atoms with Crippen molar-refractivity contribution in [2.45, 2.75) is 18.4 Å². The van der Waals surface area contributed by atoms with Crippen molar-refractivity contribution >= 4 is 40.7 Å². The Balaban J connectivity index is 1.45. The second-order valence-electron chi connectivity index (χ2n) is 8.58. The summed E-state index contributed by atoms with van der Waals surface area (Å²) in [6, 6.07) is 22.0. The van der Waals surface area contributed by atoms with Crippen molar-refractivity contribution in [3.63, 3.8) is 0 Å². The molecule has 4 aromatic rings. The van der Waals surface area contributed by atoms with Gasteiger partial charge in [0.15, 0.2) is 0 Å². The monoisotopic (exact) mass is 525 g/mol. The van der Waals surface area contributed by atoms with Crippen LogP contribution in [0.2, 0.25) is 15.1 Å². The lowest BCUT2D eigenvalue weighted by Crippen LogP contribution is -2.45. The summed E-state index contributed by atoms with van der Waals surface area (Å²) < 4.78 is 1.84. The lowest BCUT2D eigenvalue weighted by atomic mass is 9.84. The van der Waals surface area contributed by atoms with Crippen molar-refractivity contribution in [1.82, 2.24) is 14.5 Å². The fourth-order valence-corrected chi connectivity index (χ4v) is 5.12. The Bertz CT molecular complexity index is 1380. The van der Waals surface area contributed by atoms with Crippen LogP contribution in [-0.4, -0.2) is 38.6 Å². The predicted octanol–water partition coefficient (Wildman–Crippen LogP) is 6.62. The molecule has 0 bridgehead atoms. The lowest BCUT2D eigenvalue weighted by molar-refractivity contribution is -0.0211. The average molecular weight is 527 g/mol. The van der Waals surface area contributed by atoms with E-state index >= 15 is 0 Å². The van der Waals surface area contributed by atoms with Crippen LogP contribution in [0.25, 0.3) is 17.1 Å². The van der Waals surface area contributed by atoms with Crippen molar-refractivity contribution in [3.05, 3.63) is 105 Å². The van der Waals surface area contributed by atoms with Crippen molar-refractivity contribution < 1.29 is 9.90 Å². The normalized spacial score (nSPS) is 15.3. The minimum absolute atomic E-state index is 0.202. The number of piperidine rings is 1. The molecular formula is C27H22Cl3N3O2. The number of halogens is 3. The van der Waals surface area contributed by atoms with E-state index in [9.17, 15) is 9.90 Å². The Labute approximate surface area is 218 Å². The van der Waals surface area contributed by atoms with Crippen LogP contribution in [0.1, 0.15) is 28.9 Å². The van der Waals surface area contributed by atoms with E-state index in [1.165, 1.54) is 0 Å². The van der Waals surface area contributed by atoms with E-state index in [0.717, 1.165) is 11.3 Å².